The third kappa shape index (κ3) is 1.93. The quantitative estimate of drug-likeness (QED) is 0.569. The molecule has 0 radical (unpaired) electrons. The number of aliphatic hydroxyl groups is 1. The Morgan fingerprint density at radius 2 is 1.73 bits per heavy atom. The Bertz CT molecular complexity index is 248. The second kappa shape index (κ2) is 3.44. The van der Waals surface area contributed by atoms with E-state index in [2.05, 4.69) is 19.2 Å². The molecule has 2 fully saturated rings. The van der Waals surface area contributed by atoms with Gasteiger partial charge in [0.05, 0.1) is 11.1 Å². The molecule has 0 spiro atoms. The molecule has 88 valence electrons. The second-order valence-electron chi connectivity index (χ2n) is 6.31. The van der Waals surface area contributed by atoms with Gasteiger partial charge in [-0.25, -0.2) is 0 Å². The van der Waals surface area contributed by atoms with Gasteiger partial charge in [0.2, 0.25) is 0 Å². The maximum atomic E-state index is 10.7. The SMILES string of the molecule is CC1(C)CCCC(O)(C2(N)CNC2)CC1. The summed E-state index contributed by atoms with van der Waals surface area (Å²) in [6.45, 7) is 6.12. The Hall–Kier alpha value is -0.120. The molecule has 1 heterocycles. The number of hydrogen-bond donors (Lipinski definition) is 3. The minimum absolute atomic E-state index is 0.368. The molecule has 1 unspecified atom stereocenters. The van der Waals surface area contributed by atoms with Gasteiger partial charge < -0.3 is 16.2 Å². The van der Waals surface area contributed by atoms with Crippen molar-refractivity contribution in [3.05, 3.63) is 0 Å². The van der Waals surface area contributed by atoms with Gasteiger partial charge in [-0.3, -0.25) is 0 Å². The molecule has 1 atom stereocenters. The van der Waals surface area contributed by atoms with Gasteiger partial charge >= 0.3 is 0 Å². The van der Waals surface area contributed by atoms with Crippen molar-refractivity contribution in [2.24, 2.45) is 11.1 Å². The van der Waals surface area contributed by atoms with Gasteiger partial charge in [0.1, 0.15) is 0 Å². The molecule has 1 aliphatic heterocycles. The van der Waals surface area contributed by atoms with Crippen LogP contribution >= 0.6 is 0 Å². The van der Waals surface area contributed by atoms with Crippen LogP contribution in [0.25, 0.3) is 0 Å². The molecule has 2 rings (SSSR count). The highest BCUT2D eigenvalue weighted by atomic mass is 16.3. The van der Waals surface area contributed by atoms with E-state index < -0.39 is 5.60 Å². The number of hydrogen-bond acceptors (Lipinski definition) is 3. The summed E-state index contributed by atoms with van der Waals surface area (Å²) in [4.78, 5) is 0. The Balaban J connectivity index is 2.09. The molecular weight excluding hydrogens is 188 g/mol. The van der Waals surface area contributed by atoms with Gasteiger partial charge in [-0.15, -0.1) is 0 Å². The van der Waals surface area contributed by atoms with Crippen LogP contribution in [-0.2, 0) is 0 Å². The van der Waals surface area contributed by atoms with Crippen LogP contribution in [0.1, 0.15) is 46.0 Å². The summed E-state index contributed by atoms with van der Waals surface area (Å²) in [6, 6.07) is 0. The zero-order valence-electron chi connectivity index (χ0n) is 9.97. The molecule has 3 heteroatoms. The van der Waals surface area contributed by atoms with Crippen molar-refractivity contribution in [1.29, 1.82) is 0 Å². The van der Waals surface area contributed by atoms with E-state index in [0.717, 1.165) is 38.8 Å². The fourth-order valence-electron chi connectivity index (χ4n) is 2.88. The fourth-order valence-corrected chi connectivity index (χ4v) is 2.88. The lowest BCUT2D eigenvalue weighted by Crippen LogP contribution is -2.77. The maximum Gasteiger partial charge on any atom is 0.0851 e. The number of nitrogens with one attached hydrogen (secondary N) is 1. The monoisotopic (exact) mass is 212 g/mol. The van der Waals surface area contributed by atoms with Crippen LogP contribution in [0.5, 0.6) is 0 Å². The molecule has 1 saturated heterocycles. The van der Waals surface area contributed by atoms with Gasteiger partial charge in [0.15, 0.2) is 0 Å². The molecular formula is C12H24N2O. The third-order valence-corrected chi connectivity index (χ3v) is 4.47. The van der Waals surface area contributed by atoms with Gasteiger partial charge in [0, 0.05) is 13.1 Å². The molecule has 15 heavy (non-hydrogen) atoms. The average molecular weight is 212 g/mol. The summed E-state index contributed by atoms with van der Waals surface area (Å²) in [5.74, 6) is 0. The van der Waals surface area contributed by atoms with Gasteiger partial charge in [-0.1, -0.05) is 13.8 Å². The summed E-state index contributed by atoms with van der Waals surface area (Å²) >= 11 is 0. The van der Waals surface area contributed by atoms with Crippen LogP contribution in [0.3, 0.4) is 0 Å². The highest BCUT2D eigenvalue weighted by molar-refractivity contribution is 5.12. The van der Waals surface area contributed by atoms with Crippen molar-refractivity contribution in [3.63, 3.8) is 0 Å². The summed E-state index contributed by atoms with van der Waals surface area (Å²) in [5.41, 5.74) is 5.63. The molecule has 0 amide bonds. The van der Waals surface area contributed by atoms with E-state index >= 15 is 0 Å². The highest BCUT2D eigenvalue weighted by Crippen LogP contribution is 2.42. The first kappa shape index (κ1) is 11.4. The van der Waals surface area contributed by atoms with Gasteiger partial charge in [-0.05, 0) is 37.5 Å². The van der Waals surface area contributed by atoms with E-state index in [0.29, 0.717) is 5.41 Å². The predicted octanol–water partition coefficient (Wildman–Crippen LogP) is 1.01. The zero-order chi connectivity index (χ0) is 11.2. The van der Waals surface area contributed by atoms with Crippen molar-refractivity contribution in [1.82, 2.24) is 5.32 Å². The molecule has 0 aromatic heterocycles. The molecule has 0 aromatic carbocycles. The lowest BCUT2D eigenvalue weighted by Gasteiger charge is -2.51. The highest BCUT2D eigenvalue weighted by Gasteiger charge is 2.52. The van der Waals surface area contributed by atoms with E-state index in [1.807, 2.05) is 0 Å². The summed E-state index contributed by atoms with van der Waals surface area (Å²) in [5, 5.41) is 13.9. The first-order valence-electron chi connectivity index (χ1n) is 6.09. The smallest absolute Gasteiger partial charge is 0.0851 e. The lowest BCUT2D eigenvalue weighted by molar-refractivity contribution is -0.0707. The topological polar surface area (TPSA) is 58.3 Å². The van der Waals surface area contributed by atoms with E-state index in [4.69, 9.17) is 5.73 Å². The molecule has 4 N–H and O–H groups in total. The maximum absolute atomic E-state index is 10.7. The average Bonchev–Trinajstić information content (AvgIpc) is 2.23. The predicted molar refractivity (Wildman–Crippen MR) is 61.6 cm³/mol. The summed E-state index contributed by atoms with van der Waals surface area (Å²) < 4.78 is 0. The largest absolute Gasteiger partial charge is 0.388 e. The van der Waals surface area contributed by atoms with Crippen molar-refractivity contribution in [3.8, 4) is 0 Å². The van der Waals surface area contributed by atoms with Crippen LogP contribution in [0.15, 0.2) is 0 Å². The second-order valence-corrected chi connectivity index (χ2v) is 6.31. The van der Waals surface area contributed by atoms with Crippen LogP contribution in [0.2, 0.25) is 0 Å². The standard InChI is InChI=1S/C12H24N2O/c1-10(2)4-3-5-12(15,7-6-10)11(13)8-14-9-11/h14-15H,3-9,13H2,1-2H3. The minimum Gasteiger partial charge on any atom is -0.388 e. The number of rotatable bonds is 1. The van der Waals surface area contributed by atoms with Crippen LogP contribution in [-0.4, -0.2) is 29.3 Å². The molecule has 3 nitrogen and oxygen atoms in total. The molecule has 1 aliphatic carbocycles. The van der Waals surface area contributed by atoms with Crippen LogP contribution in [0, 0.1) is 5.41 Å². The van der Waals surface area contributed by atoms with E-state index in [1.165, 1.54) is 6.42 Å². The van der Waals surface area contributed by atoms with Crippen molar-refractivity contribution in [2.45, 2.75) is 57.1 Å². The summed E-state index contributed by atoms with van der Waals surface area (Å²) in [7, 11) is 0. The normalized spacial score (nSPS) is 39.2. The van der Waals surface area contributed by atoms with Gasteiger partial charge in [0.25, 0.3) is 0 Å². The van der Waals surface area contributed by atoms with Crippen LogP contribution < -0.4 is 11.1 Å². The van der Waals surface area contributed by atoms with Crippen molar-refractivity contribution in [2.75, 3.05) is 13.1 Å². The Morgan fingerprint density at radius 1 is 1.07 bits per heavy atom. The fraction of sp³-hybridized carbons (Fsp3) is 1.00. The zero-order valence-corrected chi connectivity index (χ0v) is 9.97. The molecule has 0 bridgehead atoms. The Morgan fingerprint density at radius 3 is 2.27 bits per heavy atom. The molecule has 2 aliphatic rings. The van der Waals surface area contributed by atoms with E-state index in [9.17, 15) is 5.11 Å². The Kier molecular flexibility index (Phi) is 2.61. The molecule has 1 saturated carbocycles. The van der Waals surface area contributed by atoms with Crippen molar-refractivity contribution >= 4 is 0 Å². The van der Waals surface area contributed by atoms with Gasteiger partial charge in [-0.2, -0.15) is 0 Å². The minimum atomic E-state index is -0.633. The van der Waals surface area contributed by atoms with E-state index in [1.54, 1.807) is 0 Å². The first-order chi connectivity index (χ1) is 6.87. The number of nitrogens with two attached hydrogens (primary N) is 1. The Labute approximate surface area is 92.4 Å². The van der Waals surface area contributed by atoms with E-state index in [-0.39, 0.29) is 5.54 Å². The third-order valence-electron chi connectivity index (χ3n) is 4.47. The van der Waals surface area contributed by atoms with Crippen molar-refractivity contribution < 1.29 is 5.11 Å². The van der Waals surface area contributed by atoms with Crippen LogP contribution in [0.4, 0.5) is 0 Å². The molecule has 0 aromatic rings. The first-order valence-corrected chi connectivity index (χ1v) is 6.09. The summed E-state index contributed by atoms with van der Waals surface area (Å²) in [6.07, 6.45) is 5.12. The lowest BCUT2D eigenvalue weighted by atomic mass is 9.71.